The molecule has 0 aromatic heterocycles. The first kappa shape index (κ1) is 26.7. The second-order valence-corrected chi connectivity index (χ2v) is 10.2. The third-order valence-corrected chi connectivity index (χ3v) is 7.32. The predicted molar refractivity (Wildman–Crippen MR) is 139 cm³/mol. The Kier molecular flexibility index (Phi) is 7.72. The highest BCUT2D eigenvalue weighted by Crippen LogP contribution is 2.30. The number of rotatable bonds is 8. The normalized spacial score (nSPS) is 11.6. The molecule has 0 bridgehead atoms. The summed E-state index contributed by atoms with van der Waals surface area (Å²) in [5.41, 5.74) is 2.01. The van der Waals surface area contributed by atoms with Crippen molar-refractivity contribution in [3.63, 3.8) is 0 Å². The summed E-state index contributed by atoms with van der Waals surface area (Å²) in [6.45, 7) is 1.81. The van der Waals surface area contributed by atoms with E-state index in [9.17, 15) is 26.4 Å². The Labute approximate surface area is 218 Å². The third-order valence-electron chi connectivity index (χ3n) is 5.54. The van der Waals surface area contributed by atoms with Gasteiger partial charge in [0.15, 0.2) is 0 Å². The molecule has 10 heteroatoms. The number of aryl methyl sites for hydroxylation is 1. The topological polar surface area (TPSA) is 75.7 Å². The van der Waals surface area contributed by atoms with E-state index < -0.39 is 28.0 Å². The number of hydrogen-bond acceptors (Lipinski definition) is 4. The Morgan fingerprint density at radius 1 is 0.842 bits per heavy atom. The van der Waals surface area contributed by atoms with Crippen molar-refractivity contribution in [1.29, 1.82) is 0 Å². The molecule has 0 heterocycles. The SMILES string of the molecule is Cc1ccc(S(=O)(=O)N(Cc2ccccc2)c2ccccc2C(=O)Nc2ccc(OC(F)(F)F)cc2)cc1. The first-order chi connectivity index (χ1) is 18.0. The fraction of sp³-hybridized carbons (Fsp3) is 0.107. The Balaban J connectivity index is 1.69. The summed E-state index contributed by atoms with van der Waals surface area (Å²) in [5.74, 6) is -1.07. The lowest BCUT2D eigenvalue weighted by molar-refractivity contribution is -0.274. The number of nitrogens with zero attached hydrogens (tertiary/aromatic N) is 1. The number of halogens is 3. The van der Waals surface area contributed by atoms with Crippen molar-refractivity contribution >= 4 is 27.3 Å². The van der Waals surface area contributed by atoms with Crippen LogP contribution in [0, 0.1) is 6.92 Å². The van der Waals surface area contributed by atoms with Crippen LogP contribution in [-0.2, 0) is 16.6 Å². The largest absolute Gasteiger partial charge is 0.573 e. The molecule has 1 amide bonds. The van der Waals surface area contributed by atoms with E-state index in [0.717, 1.165) is 17.7 Å². The summed E-state index contributed by atoms with van der Waals surface area (Å²) < 4.78 is 70.0. The molecule has 0 atom stereocenters. The number of anilines is 2. The second kappa shape index (κ2) is 11.0. The molecular weight excluding hydrogens is 517 g/mol. The van der Waals surface area contributed by atoms with E-state index in [2.05, 4.69) is 10.1 Å². The standard InChI is InChI=1S/C28H23F3N2O4S/c1-20-11-17-24(18-12-20)38(35,36)33(19-21-7-3-2-4-8-21)26-10-6-5-9-25(26)27(34)32-22-13-15-23(16-14-22)37-28(29,30)31/h2-18H,19H2,1H3,(H,32,34). The maximum absolute atomic E-state index is 13.8. The van der Waals surface area contributed by atoms with E-state index in [4.69, 9.17) is 0 Å². The minimum Gasteiger partial charge on any atom is -0.406 e. The highest BCUT2D eigenvalue weighted by atomic mass is 32.2. The predicted octanol–water partition coefficient (Wildman–Crippen LogP) is 6.54. The fourth-order valence-electron chi connectivity index (χ4n) is 3.71. The van der Waals surface area contributed by atoms with E-state index in [1.807, 2.05) is 13.0 Å². The highest BCUT2D eigenvalue weighted by molar-refractivity contribution is 7.92. The second-order valence-electron chi connectivity index (χ2n) is 8.35. The lowest BCUT2D eigenvalue weighted by atomic mass is 10.1. The minimum absolute atomic E-state index is 0.0369. The Morgan fingerprint density at radius 3 is 2.08 bits per heavy atom. The van der Waals surface area contributed by atoms with Gasteiger partial charge in [0.05, 0.1) is 22.7 Å². The number of alkyl halides is 3. The van der Waals surface area contributed by atoms with Gasteiger partial charge in [0.25, 0.3) is 15.9 Å². The van der Waals surface area contributed by atoms with Crippen LogP contribution in [0.2, 0.25) is 0 Å². The van der Waals surface area contributed by atoms with Crippen molar-refractivity contribution < 1.29 is 31.1 Å². The summed E-state index contributed by atoms with van der Waals surface area (Å²) in [7, 11) is -4.09. The first-order valence-electron chi connectivity index (χ1n) is 11.4. The molecule has 0 aliphatic rings. The Hall–Kier alpha value is -4.31. The molecule has 0 aliphatic carbocycles. The van der Waals surface area contributed by atoms with Gasteiger partial charge >= 0.3 is 6.36 Å². The molecule has 0 saturated carbocycles. The molecule has 38 heavy (non-hydrogen) atoms. The quantitative estimate of drug-likeness (QED) is 0.275. The zero-order chi connectivity index (χ0) is 27.3. The monoisotopic (exact) mass is 540 g/mol. The maximum atomic E-state index is 13.8. The third kappa shape index (κ3) is 6.51. The summed E-state index contributed by atoms with van der Waals surface area (Å²) in [4.78, 5) is 13.3. The molecule has 0 aliphatic heterocycles. The summed E-state index contributed by atoms with van der Waals surface area (Å²) in [5, 5.41) is 2.61. The Morgan fingerprint density at radius 2 is 1.45 bits per heavy atom. The van der Waals surface area contributed by atoms with E-state index in [1.54, 1.807) is 48.5 Å². The zero-order valence-corrected chi connectivity index (χ0v) is 21.0. The van der Waals surface area contributed by atoms with Crippen molar-refractivity contribution in [3.8, 4) is 5.75 Å². The van der Waals surface area contributed by atoms with Crippen LogP contribution in [0.3, 0.4) is 0 Å². The van der Waals surface area contributed by atoms with Crippen LogP contribution in [0.25, 0.3) is 0 Å². The number of benzene rings is 4. The van der Waals surface area contributed by atoms with Gasteiger partial charge in [0.2, 0.25) is 0 Å². The molecule has 1 N–H and O–H groups in total. The van der Waals surface area contributed by atoms with Gasteiger partial charge in [-0.1, -0.05) is 60.2 Å². The van der Waals surface area contributed by atoms with Gasteiger partial charge in [-0.2, -0.15) is 0 Å². The molecule has 6 nitrogen and oxygen atoms in total. The number of sulfonamides is 1. The van der Waals surface area contributed by atoms with Crippen LogP contribution in [-0.4, -0.2) is 20.7 Å². The molecule has 4 aromatic carbocycles. The van der Waals surface area contributed by atoms with Gasteiger partial charge in [0, 0.05) is 5.69 Å². The molecule has 4 rings (SSSR count). The number of amides is 1. The molecule has 0 spiro atoms. The van der Waals surface area contributed by atoms with E-state index in [-0.39, 0.29) is 28.4 Å². The minimum atomic E-state index is -4.84. The first-order valence-corrected chi connectivity index (χ1v) is 12.9. The number of ether oxygens (including phenoxy) is 1. The average Bonchev–Trinajstić information content (AvgIpc) is 2.88. The molecule has 0 unspecified atom stereocenters. The molecule has 196 valence electrons. The van der Waals surface area contributed by atoms with Crippen molar-refractivity contribution in [2.75, 3.05) is 9.62 Å². The van der Waals surface area contributed by atoms with Gasteiger partial charge < -0.3 is 10.1 Å². The molecule has 0 fully saturated rings. The van der Waals surface area contributed by atoms with Crippen molar-refractivity contribution in [1.82, 2.24) is 0 Å². The molecule has 0 saturated heterocycles. The average molecular weight is 541 g/mol. The van der Waals surface area contributed by atoms with Crippen molar-refractivity contribution in [3.05, 3.63) is 120 Å². The maximum Gasteiger partial charge on any atom is 0.573 e. The summed E-state index contributed by atoms with van der Waals surface area (Å²) in [6.07, 6.45) is -4.84. The highest BCUT2D eigenvalue weighted by Gasteiger charge is 2.31. The van der Waals surface area contributed by atoms with Gasteiger partial charge in [0.1, 0.15) is 5.75 Å². The van der Waals surface area contributed by atoms with Gasteiger partial charge in [-0.05, 0) is 61.0 Å². The van der Waals surface area contributed by atoms with Gasteiger partial charge in [-0.3, -0.25) is 9.10 Å². The lowest BCUT2D eigenvalue weighted by Gasteiger charge is -2.26. The van der Waals surface area contributed by atoms with E-state index in [1.165, 1.54) is 40.7 Å². The van der Waals surface area contributed by atoms with Crippen LogP contribution >= 0.6 is 0 Å². The fourth-order valence-corrected chi connectivity index (χ4v) is 5.18. The zero-order valence-electron chi connectivity index (χ0n) is 20.1. The summed E-state index contributed by atoms with van der Waals surface area (Å²) >= 11 is 0. The van der Waals surface area contributed by atoms with Crippen molar-refractivity contribution in [2.45, 2.75) is 24.7 Å². The Bertz CT molecular complexity index is 1510. The number of hydrogen-bond donors (Lipinski definition) is 1. The van der Waals surface area contributed by atoms with Gasteiger partial charge in [-0.25, -0.2) is 8.42 Å². The van der Waals surface area contributed by atoms with Crippen LogP contribution in [0.5, 0.6) is 5.75 Å². The molecule has 0 radical (unpaired) electrons. The van der Waals surface area contributed by atoms with E-state index >= 15 is 0 Å². The molecular formula is C28H23F3N2O4S. The number of nitrogens with one attached hydrogen (secondary N) is 1. The van der Waals surface area contributed by atoms with Crippen LogP contribution < -0.4 is 14.4 Å². The molecule has 4 aromatic rings. The summed E-state index contributed by atoms with van der Waals surface area (Å²) in [6, 6.07) is 26.2. The van der Waals surface area contributed by atoms with E-state index in [0.29, 0.717) is 5.56 Å². The lowest BCUT2D eigenvalue weighted by Crippen LogP contribution is -2.32. The number of para-hydroxylation sites is 1. The van der Waals surface area contributed by atoms with Crippen LogP contribution in [0.1, 0.15) is 21.5 Å². The van der Waals surface area contributed by atoms with Gasteiger partial charge in [-0.15, -0.1) is 13.2 Å². The van der Waals surface area contributed by atoms with Crippen LogP contribution in [0.4, 0.5) is 24.5 Å². The number of carbonyl (C=O) groups excluding carboxylic acids is 1. The smallest absolute Gasteiger partial charge is 0.406 e. The number of carbonyl (C=O) groups is 1. The van der Waals surface area contributed by atoms with Crippen LogP contribution in [0.15, 0.2) is 108 Å². The van der Waals surface area contributed by atoms with Crippen molar-refractivity contribution in [2.24, 2.45) is 0 Å².